The molecule has 0 bridgehead atoms. The van der Waals surface area contributed by atoms with Crippen LogP contribution in [0.25, 0.3) is 11.0 Å². The Morgan fingerprint density at radius 2 is 2.28 bits per heavy atom. The van der Waals surface area contributed by atoms with Crippen LogP contribution in [0.15, 0.2) is 40.8 Å². The van der Waals surface area contributed by atoms with Crippen molar-refractivity contribution in [3.63, 3.8) is 0 Å². The van der Waals surface area contributed by atoms with E-state index in [2.05, 4.69) is 18.8 Å². The summed E-state index contributed by atoms with van der Waals surface area (Å²) in [5, 5.41) is 4.43. The number of hydrogen-bond acceptors (Lipinski definition) is 3. The molecular weight excluding hydrogens is 226 g/mol. The second-order valence-electron chi connectivity index (χ2n) is 4.59. The Labute approximate surface area is 107 Å². The Balaban J connectivity index is 2.26. The SMILES string of the molecule is C=C(C)CNC(C)c1cc2cccc(OC)c2o1. The number of hydrogen-bond donors (Lipinski definition) is 1. The van der Waals surface area contributed by atoms with Crippen molar-refractivity contribution in [3.05, 3.63) is 42.2 Å². The van der Waals surface area contributed by atoms with E-state index in [1.165, 1.54) is 0 Å². The molecule has 1 atom stereocenters. The van der Waals surface area contributed by atoms with Gasteiger partial charge in [-0.2, -0.15) is 0 Å². The molecular formula is C15H19NO2. The molecule has 96 valence electrons. The molecule has 18 heavy (non-hydrogen) atoms. The first-order valence-electron chi connectivity index (χ1n) is 6.06. The molecule has 0 amide bonds. The summed E-state index contributed by atoms with van der Waals surface area (Å²) in [5.41, 5.74) is 1.91. The van der Waals surface area contributed by atoms with E-state index in [1.54, 1.807) is 7.11 Å². The number of ether oxygens (including phenoxy) is 1. The summed E-state index contributed by atoms with van der Waals surface area (Å²) in [6.45, 7) is 8.74. The van der Waals surface area contributed by atoms with Crippen LogP contribution in [0.3, 0.4) is 0 Å². The average molecular weight is 245 g/mol. The lowest BCUT2D eigenvalue weighted by Crippen LogP contribution is -2.19. The van der Waals surface area contributed by atoms with Crippen molar-refractivity contribution in [3.8, 4) is 5.75 Å². The third-order valence-electron chi connectivity index (χ3n) is 2.88. The number of benzene rings is 1. The fourth-order valence-corrected chi connectivity index (χ4v) is 1.86. The predicted octanol–water partition coefficient (Wildman–Crippen LogP) is 3.67. The van der Waals surface area contributed by atoms with Gasteiger partial charge in [0.1, 0.15) is 5.76 Å². The monoisotopic (exact) mass is 245 g/mol. The van der Waals surface area contributed by atoms with Crippen LogP contribution in [0.1, 0.15) is 25.6 Å². The molecule has 0 saturated heterocycles. The van der Waals surface area contributed by atoms with Gasteiger partial charge in [-0.15, -0.1) is 0 Å². The number of rotatable bonds is 5. The molecule has 0 radical (unpaired) electrons. The quantitative estimate of drug-likeness (QED) is 0.816. The fourth-order valence-electron chi connectivity index (χ4n) is 1.86. The summed E-state index contributed by atoms with van der Waals surface area (Å²) in [5.74, 6) is 1.68. The zero-order chi connectivity index (χ0) is 13.1. The van der Waals surface area contributed by atoms with Crippen molar-refractivity contribution < 1.29 is 9.15 Å². The van der Waals surface area contributed by atoms with Crippen LogP contribution < -0.4 is 10.1 Å². The van der Waals surface area contributed by atoms with Gasteiger partial charge in [0.25, 0.3) is 0 Å². The maximum atomic E-state index is 5.87. The Bertz CT molecular complexity index is 557. The smallest absolute Gasteiger partial charge is 0.176 e. The lowest BCUT2D eigenvalue weighted by molar-refractivity contribution is 0.401. The van der Waals surface area contributed by atoms with Crippen LogP contribution in [0.5, 0.6) is 5.75 Å². The van der Waals surface area contributed by atoms with Gasteiger partial charge in [-0.25, -0.2) is 0 Å². The van der Waals surface area contributed by atoms with Crippen molar-refractivity contribution in [2.75, 3.05) is 13.7 Å². The Morgan fingerprint density at radius 1 is 1.50 bits per heavy atom. The van der Waals surface area contributed by atoms with E-state index in [1.807, 2.05) is 31.2 Å². The fraction of sp³-hybridized carbons (Fsp3) is 0.333. The molecule has 0 aliphatic heterocycles. The third-order valence-corrected chi connectivity index (χ3v) is 2.88. The second-order valence-corrected chi connectivity index (χ2v) is 4.59. The van der Waals surface area contributed by atoms with E-state index in [0.717, 1.165) is 34.6 Å². The van der Waals surface area contributed by atoms with Gasteiger partial charge in [0.2, 0.25) is 0 Å². The summed E-state index contributed by atoms with van der Waals surface area (Å²) in [7, 11) is 1.65. The van der Waals surface area contributed by atoms with Gasteiger partial charge in [0, 0.05) is 11.9 Å². The van der Waals surface area contributed by atoms with Crippen LogP contribution >= 0.6 is 0 Å². The molecule has 0 saturated carbocycles. The molecule has 0 aliphatic carbocycles. The zero-order valence-corrected chi connectivity index (χ0v) is 11.1. The molecule has 1 aromatic carbocycles. The Morgan fingerprint density at radius 3 is 2.94 bits per heavy atom. The summed E-state index contributed by atoms with van der Waals surface area (Å²) in [6, 6.07) is 8.09. The van der Waals surface area contributed by atoms with Crippen LogP contribution in [0.2, 0.25) is 0 Å². The van der Waals surface area contributed by atoms with Gasteiger partial charge in [0.05, 0.1) is 13.2 Å². The first kappa shape index (κ1) is 12.7. The lowest BCUT2D eigenvalue weighted by Gasteiger charge is -2.10. The zero-order valence-electron chi connectivity index (χ0n) is 11.1. The maximum Gasteiger partial charge on any atom is 0.176 e. The first-order chi connectivity index (χ1) is 8.61. The van der Waals surface area contributed by atoms with E-state index in [0.29, 0.717) is 0 Å². The van der Waals surface area contributed by atoms with E-state index in [-0.39, 0.29) is 6.04 Å². The molecule has 1 aromatic heterocycles. The highest BCUT2D eigenvalue weighted by molar-refractivity contribution is 5.83. The number of furan rings is 1. The topological polar surface area (TPSA) is 34.4 Å². The van der Waals surface area contributed by atoms with Crippen molar-refractivity contribution in [1.82, 2.24) is 5.32 Å². The minimum atomic E-state index is 0.152. The standard InChI is InChI=1S/C15H19NO2/c1-10(2)9-16-11(3)14-8-12-6-5-7-13(17-4)15(12)18-14/h5-8,11,16H,1,9H2,2-4H3. The van der Waals surface area contributed by atoms with Crippen LogP contribution in [0, 0.1) is 0 Å². The van der Waals surface area contributed by atoms with E-state index in [4.69, 9.17) is 9.15 Å². The normalized spacial score (nSPS) is 12.6. The molecule has 2 rings (SSSR count). The highest BCUT2D eigenvalue weighted by Crippen LogP contribution is 2.30. The van der Waals surface area contributed by atoms with E-state index in [9.17, 15) is 0 Å². The molecule has 2 aromatic rings. The van der Waals surface area contributed by atoms with E-state index < -0.39 is 0 Å². The first-order valence-corrected chi connectivity index (χ1v) is 6.06. The summed E-state index contributed by atoms with van der Waals surface area (Å²) < 4.78 is 11.2. The Hall–Kier alpha value is -1.74. The lowest BCUT2D eigenvalue weighted by atomic mass is 10.2. The third kappa shape index (κ3) is 2.57. The van der Waals surface area contributed by atoms with Crippen LogP contribution in [0.4, 0.5) is 0 Å². The van der Waals surface area contributed by atoms with Gasteiger partial charge < -0.3 is 14.5 Å². The molecule has 3 heteroatoms. The average Bonchev–Trinajstić information content (AvgIpc) is 2.79. The Kier molecular flexibility index (Phi) is 3.72. The molecule has 1 N–H and O–H groups in total. The molecule has 3 nitrogen and oxygen atoms in total. The predicted molar refractivity (Wildman–Crippen MR) is 74.0 cm³/mol. The number of fused-ring (bicyclic) bond motifs is 1. The highest BCUT2D eigenvalue weighted by Gasteiger charge is 2.13. The molecule has 0 aliphatic rings. The van der Waals surface area contributed by atoms with Crippen molar-refractivity contribution >= 4 is 11.0 Å². The molecule has 0 fully saturated rings. The second kappa shape index (κ2) is 5.27. The largest absolute Gasteiger partial charge is 0.493 e. The molecule has 0 spiro atoms. The van der Waals surface area contributed by atoms with Crippen LogP contribution in [-0.2, 0) is 0 Å². The van der Waals surface area contributed by atoms with Gasteiger partial charge in [0.15, 0.2) is 11.3 Å². The number of para-hydroxylation sites is 1. The molecule has 1 heterocycles. The van der Waals surface area contributed by atoms with Gasteiger partial charge in [-0.1, -0.05) is 24.3 Å². The maximum absolute atomic E-state index is 5.87. The van der Waals surface area contributed by atoms with Crippen LogP contribution in [-0.4, -0.2) is 13.7 Å². The van der Waals surface area contributed by atoms with Crippen molar-refractivity contribution in [2.45, 2.75) is 19.9 Å². The molecule has 1 unspecified atom stereocenters. The van der Waals surface area contributed by atoms with E-state index >= 15 is 0 Å². The highest BCUT2D eigenvalue weighted by atomic mass is 16.5. The van der Waals surface area contributed by atoms with Gasteiger partial charge in [-0.3, -0.25) is 0 Å². The summed E-state index contributed by atoms with van der Waals surface area (Å²) in [4.78, 5) is 0. The minimum Gasteiger partial charge on any atom is -0.493 e. The van der Waals surface area contributed by atoms with Crippen molar-refractivity contribution in [1.29, 1.82) is 0 Å². The summed E-state index contributed by atoms with van der Waals surface area (Å²) >= 11 is 0. The number of methoxy groups -OCH3 is 1. The number of nitrogens with one attached hydrogen (secondary N) is 1. The van der Waals surface area contributed by atoms with Gasteiger partial charge in [-0.05, 0) is 26.0 Å². The minimum absolute atomic E-state index is 0.152. The summed E-state index contributed by atoms with van der Waals surface area (Å²) in [6.07, 6.45) is 0. The van der Waals surface area contributed by atoms with Gasteiger partial charge >= 0.3 is 0 Å². The van der Waals surface area contributed by atoms with Crippen molar-refractivity contribution in [2.24, 2.45) is 0 Å².